The Morgan fingerprint density at radius 3 is 2.21 bits per heavy atom. The van der Waals surface area contributed by atoms with Crippen LogP contribution in [0.4, 0.5) is 4.79 Å². The van der Waals surface area contributed by atoms with Crippen molar-refractivity contribution in [3.8, 4) is 0 Å². The molecule has 0 aromatic carbocycles. The van der Waals surface area contributed by atoms with Gasteiger partial charge in [0.05, 0.1) is 12.6 Å². The molecule has 4 heteroatoms. The Labute approximate surface area is 85.6 Å². The van der Waals surface area contributed by atoms with Crippen molar-refractivity contribution >= 4 is 6.09 Å². The fraction of sp³-hybridized carbons (Fsp3) is 0.900. The number of aliphatic hydroxyl groups excluding tert-OH is 1. The van der Waals surface area contributed by atoms with Crippen LogP contribution >= 0.6 is 0 Å². The van der Waals surface area contributed by atoms with Crippen LogP contribution in [0.2, 0.25) is 0 Å². The lowest BCUT2D eigenvalue weighted by Gasteiger charge is -2.24. The van der Waals surface area contributed by atoms with Crippen LogP contribution in [0.15, 0.2) is 0 Å². The van der Waals surface area contributed by atoms with E-state index in [0.717, 1.165) is 0 Å². The van der Waals surface area contributed by atoms with E-state index in [9.17, 15) is 4.79 Å². The highest BCUT2D eigenvalue weighted by Gasteiger charge is 2.20. The van der Waals surface area contributed by atoms with Gasteiger partial charge < -0.3 is 15.2 Å². The number of hydrogen-bond donors (Lipinski definition) is 2. The molecule has 0 spiro atoms. The quantitative estimate of drug-likeness (QED) is 0.731. The minimum atomic E-state index is -0.499. The van der Waals surface area contributed by atoms with Crippen molar-refractivity contribution in [1.29, 1.82) is 0 Å². The number of aliphatic hydroxyl groups is 1. The average Bonchev–Trinajstić information content (AvgIpc) is 1.96. The van der Waals surface area contributed by atoms with Gasteiger partial charge in [0, 0.05) is 0 Å². The van der Waals surface area contributed by atoms with Crippen LogP contribution in [0.1, 0.15) is 34.6 Å². The molecule has 0 aliphatic heterocycles. The number of alkyl carbamates (subject to hydrolysis) is 1. The summed E-state index contributed by atoms with van der Waals surface area (Å²) in [5, 5.41) is 11.6. The molecule has 0 aliphatic carbocycles. The topological polar surface area (TPSA) is 58.6 Å². The van der Waals surface area contributed by atoms with Crippen molar-refractivity contribution in [1.82, 2.24) is 5.32 Å². The van der Waals surface area contributed by atoms with Crippen LogP contribution in [-0.4, -0.2) is 29.4 Å². The lowest BCUT2D eigenvalue weighted by molar-refractivity contribution is 0.0462. The predicted octanol–water partition coefficient (Wildman–Crippen LogP) is 1.53. The summed E-state index contributed by atoms with van der Waals surface area (Å²) in [4.78, 5) is 11.3. The standard InChI is InChI=1S/C10H21NO3/c1-7(2)8(6-12)11-9(13)14-10(3,4)5/h7-8,12H,6H2,1-5H3,(H,11,13)/t8-/m0/s1. The molecule has 0 bridgehead atoms. The van der Waals surface area contributed by atoms with Crippen molar-refractivity contribution in [3.05, 3.63) is 0 Å². The maximum atomic E-state index is 11.3. The molecule has 1 atom stereocenters. The molecule has 2 N–H and O–H groups in total. The summed E-state index contributed by atoms with van der Waals surface area (Å²) in [7, 11) is 0. The van der Waals surface area contributed by atoms with E-state index in [-0.39, 0.29) is 18.6 Å². The highest BCUT2D eigenvalue weighted by molar-refractivity contribution is 5.68. The minimum Gasteiger partial charge on any atom is -0.444 e. The van der Waals surface area contributed by atoms with Gasteiger partial charge in [0.2, 0.25) is 0 Å². The van der Waals surface area contributed by atoms with Crippen LogP contribution < -0.4 is 5.32 Å². The van der Waals surface area contributed by atoms with Gasteiger partial charge in [0.25, 0.3) is 0 Å². The Kier molecular flexibility index (Phi) is 4.91. The van der Waals surface area contributed by atoms with Crippen LogP contribution in [0, 0.1) is 5.92 Å². The van der Waals surface area contributed by atoms with Crippen LogP contribution in [0.25, 0.3) is 0 Å². The first-order valence-corrected chi connectivity index (χ1v) is 4.86. The third kappa shape index (κ3) is 5.80. The van der Waals surface area contributed by atoms with Gasteiger partial charge in [0.1, 0.15) is 5.60 Å². The molecule has 84 valence electrons. The minimum absolute atomic E-state index is 0.0725. The Hall–Kier alpha value is -0.770. The maximum absolute atomic E-state index is 11.3. The highest BCUT2D eigenvalue weighted by atomic mass is 16.6. The second kappa shape index (κ2) is 5.20. The zero-order chi connectivity index (χ0) is 11.4. The predicted molar refractivity (Wildman–Crippen MR) is 55.1 cm³/mol. The summed E-state index contributed by atoms with van der Waals surface area (Å²) in [6, 6.07) is -0.246. The van der Waals surface area contributed by atoms with E-state index in [1.807, 2.05) is 13.8 Å². The molecule has 0 unspecified atom stereocenters. The van der Waals surface area contributed by atoms with Crippen molar-refractivity contribution in [2.24, 2.45) is 5.92 Å². The molecular weight excluding hydrogens is 182 g/mol. The molecule has 14 heavy (non-hydrogen) atoms. The smallest absolute Gasteiger partial charge is 0.407 e. The summed E-state index contributed by atoms with van der Waals surface area (Å²) in [5.74, 6) is 0.188. The maximum Gasteiger partial charge on any atom is 0.407 e. The number of ether oxygens (including phenoxy) is 1. The summed E-state index contributed by atoms with van der Waals surface area (Å²) in [6.07, 6.45) is -0.481. The molecule has 0 aromatic rings. The van der Waals surface area contributed by atoms with Gasteiger partial charge in [-0.25, -0.2) is 4.79 Å². The van der Waals surface area contributed by atoms with Crippen molar-refractivity contribution in [3.63, 3.8) is 0 Å². The van der Waals surface area contributed by atoms with Gasteiger partial charge in [-0.2, -0.15) is 0 Å². The van der Waals surface area contributed by atoms with Crippen LogP contribution in [0.5, 0.6) is 0 Å². The van der Waals surface area contributed by atoms with E-state index >= 15 is 0 Å². The number of nitrogens with one attached hydrogen (secondary N) is 1. The number of rotatable bonds is 3. The summed E-state index contributed by atoms with van der Waals surface area (Å²) >= 11 is 0. The normalized spacial score (nSPS) is 13.9. The van der Waals surface area contributed by atoms with Gasteiger partial charge >= 0.3 is 6.09 Å². The van der Waals surface area contributed by atoms with E-state index < -0.39 is 11.7 Å². The van der Waals surface area contributed by atoms with Gasteiger partial charge in [-0.3, -0.25) is 0 Å². The third-order valence-electron chi connectivity index (χ3n) is 1.70. The lowest BCUT2D eigenvalue weighted by Crippen LogP contribution is -2.43. The Morgan fingerprint density at radius 2 is 1.93 bits per heavy atom. The zero-order valence-corrected chi connectivity index (χ0v) is 9.63. The van der Waals surface area contributed by atoms with Crippen LogP contribution in [0.3, 0.4) is 0 Å². The van der Waals surface area contributed by atoms with E-state index in [0.29, 0.717) is 0 Å². The molecule has 0 aromatic heterocycles. The first-order valence-electron chi connectivity index (χ1n) is 4.86. The first kappa shape index (κ1) is 13.2. The fourth-order valence-electron chi connectivity index (χ4n) is 0.882. The highest BCUT2D eigenvalue weighted by Crippen LogP contribution is 2.08. The monoisotopic (exact) mass is 203 g/mol. The summed E-state index contributed by atoms with van der Waals surface area (Å²) < 4.78 is 5.06. The third-order valence-corrected chi connectivity index (χ3v) is 1.70. The van der Waals surface area contributed by atoms with E-state index in [1.54, 1.807) is 20.8 Å². The van der Waals surface area contributed by atoms with Crippen LogP contribution in [-0.2, 0) is 4.74 Å². The number of amides is 1. The van der Waals surface area contributed by atoms with Crippen molar-refractivity contribution in [2.75, 3.05) is 6.61 Å². The number of carbonyl (C=O) groups excluding carboxylic acids is 1. The van der Waals surface area contributed by atoms with Crippen molar-refractivity contribution < 1.29 is 14.6 Å². The van der Waals surface area contributed by atoms with Gasteiger partial charge in [-0.05, 0) is 26.7 Å². The summed E-state index contributed by atoms with van der Waals surface area (Å²) in [6.45, 7) is 9.19. The largest absolute Gasteiger partial charge is 0.444 e. The SMILES string of the molecule is CC(C)[C@H](CO)NC(=O)OC(C)(C)C. The molecule has 0 radical (unpaired) electrons. The second-order valence-corrected chi connectivity index (χ2v) is 4.68. The lowest BCUT2D eigenvalue weighted by atomic mass is 10.1. The van der Waals surface area contributed by atoms with Gasteiger partial charge in [-0.1, -0.05) is 13.8 Å². The molecule has 0 fully saturated rings. The van der Waals surface area contributed by atoms with Gasteiger partial charge in [-0.15, -0.1) is 0 Å². The average molecular weight is 203 g/mol. The molecule has 0 heterocycles. The Bertz CT molecular complexity index is 184. The van der Waals surface area contributed by atoms with Crippen molar-refractivity contribution in [2.45, 2.75) is 46.3 Å². The number of carbonyl (C=O) groups is 1. The fourth-order valence-corrected chi connectivity index (χ4v) is 0.882. The van der Waals surface area contributed by atoms with Gasteiger partial charge in [0.15, 0.2) is 0 Å². The molecule has 0 aliphatic rings. The molecule has 4 nitrogen and oxygen atoms in total. The van der Waals surface area contributed by atoms with E-state index in [2.05, 4.69) is 5.32 Å². The molecule has 0 saturated heterocycles. The second-order valence-electron chi connectivity index (χ2n) is 4.68. The van der Waals surface area contributed by atoms with E-state index in [4.69, 9.17) is 9.84 Å². The molecule has 0 rings (SSSR count). The molecule has 0 saturated carbocycles. The summed E-state index contributed by atoms with van der Waals surface area (Å²) in [5.41, 5.74) is -0.499. The Balaban J connectivity index is 4.04. The van der Waals surface area contributed by atoms with E-state index in [1.165, 1.54) is 0 Å². The zero-order valence-electron chi connectivity index (χ0n) is 9.63. The first-order chi connectivity index (χ1) is 6.26. The molecular formula is C10H21NO3. The number of hydrogen-bond acceptors (Lipinski definition) is 3. The Morgan fingerprint density at radius 1 is 1.43 bits per heavy atom. The molecule has 1 amide bonds.